The van der Waals surface area contributed by atoms with Crippen LogP contribution < -0.4 is 4.74 Å². The summed E-state index contributed by atoms with van der Waals surface area (Å²) in [5.74, 6) is -0.143. The van der Waals surface area contributed by atoms with Gasteiger partial charge in [0.1, 0.15) is 12.3 Å². The summed E-state index contributed by atoms with van der Waals surface area (Å²) in [7, 11) is 1.61. The normalized spacial score (nSPS) is 10.7. The molecule has 0 atom stereocenters. The Balaban J connectivity index is 2.21. The molecule has 106 valence electrons. The van der Waals surface area contributed by atoms with Crippen LogP contribution in [0.1, 0.15) is 0 Å². The third-order valence-electron chi connectivity index (χ3n) is 3.33. The van der Waals surface area contributed by atoms with Crippen LogP contribution in [0.2, 0.25) is 0 Å². The molecule has 2 aromatic heterocycles. The topological polar surface area (TPSA) is 64.4 Å². The summed E-state index contributed by atoms with van der Waals surface area (Å²) in [6.07, 6.45) is 3.49. The summed E-state index contributed by atoms with van der Waals surface area (Å²) in [6, 6.07) is 11.3. The van der Waals surface area contributed by atoms with Gasteiger partial charge in [0.05, 0.1) is 18.3 Å². The third-order valence-corrected chi connectivity index (χ3v) is 3.33. The maximum atomic E-state index is 11.0. The summed E-state index contributed by atoms with van der Waals surface area (Å²) >= 11 is 0. The second kappa shape index (κ2) is 5.28. The number of benzene rings is 1. The first-order valence-corrected chi connectivity index (χ1v) is 6.49. The van der Waals surface area contributed by atoms with Crippen molar-refractivity contribution in [3.63, 3.8) is 0 Å². The smallest absolute Gasteiger partial charge is 0.323 e. The van der Waals surface area contributed by atoms with Crippen molar-refractivity contribution in [2.75, 3.05) is 7.11 Å². The van der Waals surface area contributed by atoms with Crippen molar-refractivity contribution >= 4 is 16.9 Å². The Morgan fingerprint density at radius 3 is 2.95 bits per heavy atom. The molecule has 0 aliphatic carbocycles. The molecule has 2 heterocycles. The molecule has 0 radical (unpaired) electrons. The van der Waals surface area contributed by atoms with Crippen LogP contribution in [0.25, 0.3) is 22.2 Å². The fourth-order valence-corrected chi connectivity index (χ4v) is 2.41. The predicted molar refractivity (Wildman–Crippen MR) is 79.4 cm³/mol. The number of rotatable bonds is 4. The molecule has 5 nitrogen and oxygen atoms in total. The first kappa shape index (κ1) is 13.2. The van der Waals surface area contributed by atoms with Gasteiger partial charge in [-0.25, -0.2) is 0 Å². The largest absolute Gasteiger partial charge is 0.497 e. The monoisotopic (exact) mass is 282 g/mol. The van der Waals surface area contributed by atoms with Gasteiger partial charge < -0.3 is 14.4 Å². The van der Waals surface area contributed by atoms with Gasteiger partial charge in [-0.15, -0.1) is 0 Å². The Morgan fingerprint density at radius 2 is 2.19 bits per heavy atom. The minimum absolute atomic E-state index is 0.0911. The fourth-order valence-electron chi connectivity index (χ4n) is 2.41. The van der Waals surface area contributed by atoms with Gasteiger partial charge in [0, 0.05) is 23.3 Å². The molecule has 0 spiro atoms. The molecule has 0 aliphatic rings. The van der Waals surface area contributed by atoms with Gasteiger partial charge >= 0.3 is 5.97 Å². The molecule has 0 saturated carbocycles. The number of pyridine rings is 1. The Morgan fingerprint density at radius 1 is 1.33 bits per heavy atom. The van der Waals surface area contributed by atoms with E-state index >= 15 is 0 Å². The van der Waals surface area contributed by atoms with Crippen LogP contribution >= 0.6 is 0 Å². The fraction of sp³-hybridized carbons (Fsp3) is 0.125. The SMILES string of the molecule is COc1cccc(-c2nccc3ccn(CC(=O)O)c23)c1. The molecule has 1 N–H and O–H groups in total. The molecule has 0 aliphatic heterocycles. The van der Waals surface area contributed by atoms with E-state index in [1.165, 1.54) is 0 Å². The van der Waals surface area contributed by atoms with E-state index in [0.29, 0.717) is 0 Å². The molecular formula is C16H14N2O3. The van der Waals surface area contributed by atoms with Crippen LogP contribution in [0.15, 0.2) is 48.8 Å². The molecule has 0 bridgehead atoms. The number of methoxy groups -OCH3 is 1. The minimum atomic E-state index is -0.882. The van der Waals surface area contributed by atoms with Gasteiger partial charge in [-0.1, -0.05) is 12.1 Å². The number of ether oxygens (including phenoxy) is 1. The molecule has 0 amide bonds. The van der Waals surface area contributed by atoms with E-state index in [1.807, 2.05) is 36.4 Å². The standard InChI is InChI=1S/C16H14N2O3/c1-21-13-4-2-3-12(9-13)15-16-11(5-7-17-15)6-8-18(16)10-14(19)20/h2-9H,10H2,1H3,(H,19,20). The molecule has 1 aromatic carbocycles. The highest BCUT2D eigenvalue weighted by Gasteiger charge is 2.12. The molecular weight excluding hydrogens is 268 g/mol. The lowest BCUT2D eigenvalue weighted by Crippen LogP contribution is -2.08. The van der Waals surface area contributed by atoms with Gasteiger partial charge in [-0.2, -0.15) is 0 Å². The number of hydrogen-bond acceptors (Lipinski definition) is 3. The Bertz CT molecular complexity index is 808. The van der Waals surface area contributed by atoms with Crippen molar-refractivity contribution in [2.45, 2.75) is 6.54 Å². The van der Waals surface area contributed by atoms with Crippen molar-refractivity contribution in [2.24, 2.45) is 0 Å². The molecule has 3 aromatic rings. The van der Waals surface area contributed by atoms with Crippen LogP contribution in [-0.2, 0) is 11.3 Å². The quantitative estimate of drug-likeness (QED) is 0.799. The number of nitrogens with zero attached hydrogens (tertiary/aromatic N) is 2. The van der Waals surface area contributed by atoms with Crippen molar-refractivity contribution in [3.05, 3.63) is 48.8 Å². The number of hydrogen-bond donors (Lipinski definition) is 1. The predicted octanol–water partition coefficient (Wildman–Crippen LogP) is 2.80. The zero-order valence-corrected chi connectivity index (χ0v) is 11.5. The lowest BCUT2D eigenvalue weighted by Gasteiger charge is -2.08. The number of carbonyl (C=O) groups is 1. The average molecular weight is 282 g/mol. The number of fused-ring (bicyclic) bond motifs is 1. The Labute approximate surface area is 121 Å². The average Bonchev–Trinajstić information content (AvgIpc) is 2.90. The van der Waals surface area contributed by atoms with Crippen LogP contribution in [0.3, 0.4) is 0 Å². The van der Waals surface area contributed by atoms with E-state index in [0.717, 1.165) is 27.9 Å². The lowest BCUT2D eigenvalue weighted by atomic mass is 10.1. The van der Waals surface area contributed by atoms with E-state index in [4.69, 9.17) is 9.84 Å². The summed E-state index contributed by atoms with van der Waals surface area (Å²) in [5.41, 5.74) is 2.45. The van der Waals surface area contributed by atoms with E-state index in [1.54, 1.807) is 24.1 Å². The second-order valence-electron chi connectivity index (χ2n) is 4.67. The van der Waals surface area contributed by atoms with E-state index < -0.39 is 5.97 Å². The summed E-state index contributed by atoms with van der Waals surface area (Å²) in [5, 5.41) is 9.99. The van der Waals surface area contributed by atoms with Gasteiger partial charge in [-0.3, -0.25) is 9.78 Å². The van der Waals surface area contributed by atoms with Gasteiger partial charge in [0.25, 0.3) is 0 Å². The van der Waals surface area contributed by atoms with E-state index in [-0.39, 0.29) is 6.54 Å². The Kier molecular flexibility index (Phi) is 3.31. The van der Waals surface area contributed by atoms with Gasteiger partial charge in [0.2, 0.25) is 0 Å². The summed E-state index contributed by atoms with van der Waals surface area (Å²) in [4.78, 5) is 15.4. The van der Waals surface area contributed by atoms with Gasteiger partial charge in [-0.05, 0) is 24.3 Å². The molecule has 0 unspecified atom stereocenters. The van der Waals surface area contributed by atoms with Crippen molar-refractivity contribution in [1.29, 1.82) is 0 Å². The molecule has 5 heteroatoms. The first-order valence-electron chi connectivity index (χ1n) is 6.49. The van der Waals surface area contributed by atoms with Crippen LogP contribution in [0, 0.1) is 0 Å². The van der Waals surface area contributed by atoms with Crippen molar-refractivity contribution < 1.29 is 14.6 Å². The highest BCUT2D eigenvalue weighted by molar-refractivity contribution is 5.93. The van der Waals surface area contributed by atoms with Crippen LogP contribution in [0.4, 0.5) is 0 Å². The van der Waals surface area contributed by atoms with Crippen LogP contribution in [0.5, 0.6) is 5.75 Å². The van der Waals surface area contributed by atoms with Gasteiger partial charge in [0.15, 0.2) is 0 Å². The van der Waals surface area contributed by atoms with Crippen molar-refractivity contribution in [3.8, 4) is 17.0 Å². The van der Waals surface area contributed by atoms with Crippen LogP contribution in [-0.4, -0.2) is 27.7 Å². The summed E-state index contributed by atoms with van der Waals surface area (Å²) in [6.45, 7) is -0.0911. The summed E-state index contributed by atoms with van der Waals surface area (Å²) < 4.78 is 6.93. The minimum Gasteiger partial charge on any atom is -0.497 e. The zero-order valence-electron chi connectivity index (χ0n) is 11.5. The first-order chi connectivity index (χ1) is 10.2. The zero-order chi connectivity index (χ0) is 14.8. The number of carboxylic acid groups (broad SMARTS) is 1. The third kappa shape index (κ3) is 2.45. The number of carboxylic acids is 1. The molecule has 21 heavy (non-hydrogen) atoms. The van der Waals surface area contributed by atoms with E-state index in [9.17, 15) is 4.79 Å². The lowest BCUT2D eigenvalue weighted by molar-refractivity contribution is -0.137. The van der Waals surface area contributed by atoms with E-state index in [2.05, 4.69) is 4.98 Å². The maximum Gasteiger partial charge on any atom is 0.323 e. The van der Waals surface area contributed by atoms with Crippen molar-refractivity contribution in [1.82, 2.24) is 9.55 Å². The second-order valence-corrected chi connectivity index (χ2v) is 4.67. The maximum absolute atomic E-state index is 11.0. The molecule has 3 rings (SSSR count). The number of aliphatic carboxylic acids is 1. The highest BCUT2D eigenvalue weighted by atomic mass is 16.5. The highest BCUT2D eigenvalue weighted by Crippen LogP contribution is 2.29. The Hall–Kier alpha value is -2.82. The number of aromatic nitrogens is 2. The molecule has 0 saturated heterocycles. The molecule has 0 fully saturated rings.